The van der Waals surface area contributed by atoms with Crippen LogP contribution in [0.4, 0.5) is 11.4 Å². The van der Waals surface area contributed by atoms with Gasteiger partial charge in [0.25, 0.3) is 0 Å². The first-order chi connectivity index (χ1) is 11.2. The third-order valence-corrected chi connectivity index (χ3v) is 4.41. The molecule has 1 fully saturated rings. The van der Waals surface area contributed by atoms with E-state index in [-0.39, 0.29) is 0 Å². The van der Waals surface area contributed by atoms with Gasteiger partial charge >= 0.3 is 0 Å². The van der Waals surface area contributed by atoms with Crippen molar-refractivity contribution < 1.29 is 0 Å². The van der Waals surface area contributed by atoms with Gasteiger partial charge in [-0.15, -0.1) is 0 Å². The number of hydrogen-bond donors (Lipinski definition) is 2. The number of nitrogens with one attached hydrogen (secondary N) is 1. The molecule has 0 saturated carbocycles. The van der Waals surface area contributed by atoms with Gasteiger partial charge in [-0.05, 0) is 42.4 Å². The number of benzene rings is 2. The summed E-state index contributed by atoms with van der Waals surface area (Å²) in [6.07, 6.45) is 0. The molecule has 0 unspecified atom stereocenters. The van der Waals surface area contributed by atoms with Gasteiger partial charge in [-0.1, -0.05) is 24.3 Å². The SMILES string of the molecule is CN1CCN(c2ccc(CNCc3cccc(N)c3)cc2)CC1. The smallest absolute Gasteiger partial charge is 0.0367 e. The summed E-state index contributed by atoms with van der Waals surface area (Å²) in [7, 11) is 2.19. The van der Waals surface area contributed by atoms with Crippen molar-refractivity contribution in [3.05, 3.63) is 59.7 Å². The van der Waals surface area contributed by atoms with Crippen molar-refractivity contribution in [1.29, 1.82) is 0 Å². The summed E-state index contributed by atoms with van der Waals surface area (Å²) in [6.45, 7) is 6.23. The number of nitrogen functional groups attached to an aromatic ring is 1. The maximum atomic E-state index is 5.80. The molecule has 0 bridgehead atoms. The van der Waals surface area contributed by atoms with Crippen LogP contribution in [-0.4, -0.2) is 38.1 Å². The van der Waals surface area contributed by atoms with Gasteiger partial charge in [-0.2, -0.15) is 0 Å². The maximum Gasteiger partial charge on any atom is 0.0367 e. The highest BCUT2D eigenvalue weighted by molar-refractivity contribution is 5.48. The molecule has 0 aliphatic carbocycles. The highest BCUT2D eigenvalue weighted by Crippen LogP contribution is 2.17. The Labute approximate surface area is 138 Å². The third kappa shape index (κ3) is 4.47. The molecule has 0 amide bonds. The number of likely N-dealkylation sites (N-methyl/N-ethyl adjacent to an activating group) is 1. The Hall–Kier alpha value is -2.04. The number of nitrogens with two attached hydrogens (primary N) is 1. The number of anilines is 2. The first kappa shape index (κ1) is 15.8. The van der Waals surface area contributed by atoms with Crippen molar-refractivity contribution in [2.45, 2.75) is 13.1 Å². The summed E-state index contributed by atoms with van der Waals surface area (Å²) in [5.74, 6) is 0. The van der Waals surface area contributed by atoms with Crippen molar-refractivity contribution in [1.82, 2.24) is 10.2 Å². The van der Waals surface area contributed by atoms with E-state index in [1.807, 2.05) is 18.2 Å². The average Bonchev–Trinajstić information content (AvgIpc) is 2.56. The summed E-state index contributed by atoms with van der Waals surface area (Å²) in [4.78, 5) is 4.84. The van der Waals surface area contributed by atoms with Crippen molar-refractivity contribution in [3.63, 3.8) is 0 Å². The second-order valence-electron chi connectivity index (χ2n) is 6.31. The molecular formula is C19H26N4. The van der Waals surface area contributed by atoms with E-state index in [1.54, 1.807) is 0 Å². The van der Waals surface area contributed by atoms with Gasteiger partial charge in [0.1, 0.15) is 0 Å². The van der Waals surface area contributed by atoms with Gasteiger partial charge in [0.05, 0.1) is 0 Å². The van der Waals surface area contributed by atoms with Crippen molar-refractivity contribution in [2.24, 2.45) is 0 Å². The highest BCUT2D eigenvalue weighted by atomic mass is 15.2. The lowest BCUT2D eigenvalue weighted by Crippen LogP contribution is -2.44. The molecule has 0 spiro atoms. The van der Waals surface area contributed by atoms with Gasteiger partial charge in [0, 0.05) is 50.6 Å². The number of nitrogens with zero attached hydrogens (tertiary/aromatic N) is 2. The maximum absolute atomic E-state index is 5.80. The molecule has 1 heterocycles. The summed E-state index contributed by atoms with van der Waals surface area (Å²) in [6, 6.07) is 17.0. The Morgan fingerprint density at radius 1 is 0.913 bits per heavy atom. The summed E-state index contributed by atoms with van der Waals surface area (Å²) in [5.41, 5.74) is 10.5. The van der Waals surface area contributed by atoms with Gasteiger partial charge in [-0.25, -0.2) is 0 Å². The largest absolute Gasteiger partial charge is 0.399 e. The molecule has 0 atom stereocenters. The molecule has 4 heteroatoms. The molecule has 2 aromatic rings. The Balaban J connectivity index is 1.49. The van der Waals surface area contributed by atoms with Gasteiger partial charge in [-0.3, -0.25) is 0 Å². The molecular weight excluding hydrogens is 284 g/mol. The number of piperazine rings is 1. The molecule has 1 saturated heterocycles. The quantitative estimate of drug-likeness (QED) is 0.832. The van der Waals surface area contributed by atoms with Crippen LogP contribution in [0.5, 0.6) is 0 Å². The molecule has 4 nitrogen and oxygen atoms in total. The monoisotopic (exact) mass is 310 g/mol. The zero-order valence-electron chi connectivity index (χ0n) is 13.8. The van der Waals surface area contributed by atoms with Crippen LogP contribution in [0.3, 0.4) is 0 Å². The van der Waals surface area contributed by atoms with Crippen LogP contribution >= 0.6 is 0 Å². The molecule has 1 aliphatic heterocycles. The van der Waals surface area contributed by atoms with E-state index < -0.39 is 0 Å². The van der Waals surface area contributed by atoms with Gasteiger partial charge < -0.3 is 20.9 Å². The standard InChI is InChI=1S/C19H26N4/c1-22-9-11-23(12-10-22)19-7-5-16(6-8-19)14-21-15-17-3-2-4-18(20)13-17/h2-8,13,21H,9-12,14-15,20H2,1H3. The minimum absolute atomic E-state index is 0.820. The van der Waals surface area contributed by atoms with Crippen LogP contribution in [0, 0.1) is 0 Å². The van der Waals surface area contributed by atoms with Gasteiger partial charge in [0.2, 0.25) is 0 Å². The fourth-order valence-corrected chi connectivity index (χ4v) is 2.94. The predicted molar refractivity (Wildman–Crippen MR) is 97.6 cm³/mol. The van der Waals surface area contributed by atoms with Crippen LogP contribution in [-0.2, 0) is 13.1 Å². The Bertz CT molecular complexity index is 616. The fourth-order valence-electron chi connectivity index (χ4n) is 2.94. The Kier molecular flexibility index (Phi) is 5.16. The average molecular weight is 310 g/mol. The third-order valence-electron chi connectivity index (χ3n) is 4.41. The van der Waals surface area contributed by atoms with Crippen LogP contribution in [0.1, 0.15) is 11.1 Å². The predicted octanol–water partition coefficient (Wildman–Crippen LogP) is 2.31. The number of hydrogen-bond acceptors (Lipinski definition) is 4. The second-order valence-corrected chi connectivity index (χ2v) is 6.31. The van der Waals surface area contributed by atoms with Crippen LogP contribution in [0.15, 0.2) is 48.5 Å². The Morgan fingerprint density at radius 2 is 1.61 bits per heavy atom. The van der Waals surface area contributed by atoms with E-state index in [0.29, 0.717) is 0 Å². The molecule has 3 rings (SSSR count). The first-order valence-electron chi connectivity index (χ1n) is 8.28. The second kappa shape index (κ2) is 7.49. The zero-order valence-corrected chi connectivity index (χ0v) is 13.8. The Morgan fingerprint density at radius 3 is 2.30 bits per heavy atom. The lowest BCUT2D eigenvalue weighted by atomic mass is 10.1. The molecule has 2 aromatic carbocycles. The van der Waals surface area contributed by atoms with Crippen molar-refractivity contribution in [3.8, 4) is 0 Å². The van der Waals surface area contributed by atoms with E-state index >= 15 is 0 Å². The summed E-state index contributed by atoms with van der Waals surface area (Å²) < 4.78 is 0. The zero-order chi connectivity index (χ0) is 16.1. The lowest BCUT2D eigenvalue weighted by molar-refractivity contribution is 0.313. The fraction of sp³-hybridized carbons (Fsp3) is 0.368. The molecule has 23 heavy (non-hydrogen) atoms. The van der Waals surface area contributed by atoms with E-state index in [9.17, 15) is 0 Å². The van der Waals surface area contributed by atoms with E-state index in [1.165, 1.54) is 16.8 Å². The molecule has 122 valence electrons. The van der Waals surface area contributed by atoms with Gasteiger partial charge in [0.15, 0.2) is 0 Å². The summed E-state index contributed by atoms with van der Waals surface area (Å²) in [5, 5.41) is 3.47. The van der Waals surface area contributed by atoms with Crippen LogP contribution in [0.2, 0.25) is 0 Å². The normalized spacial score (nSPS) is 15.8. The van der Waals surface area contributed by atoms with Crippen molar-refractivity contribution >= 4 is 11.4 Å². The summed E-state index contributed by atoms with van der Waals surface area (Å²) >= 11 is 0. The molecule has 3 N–H and O–H groups in total. The van der Waals surface area contributed by atoms with E-state index in [2.05, 4.69) is 52.5 Å². The minimum Gasteiger partial charge on any atom is -0.399 e. The van der Waals surface area contributed by atoms with E-state index in [0.717, 1.165) is 45.0 Å². The minimum atomic E-state index is 0.820. The molecule has 0 radical (unpaired) electrons. The topological polar surface area (TPSA) is 44.5 Å². The number of rotatable bonds is 5. The van der Waals surface area contributed by atoms with E-state index in [4.69, 9.17) is 5.73 Å². The molecule has 0 aromatic heterocycles. The van der Waals surface area contributed by atoms with Crippen LogP contribution < -0.4 is 16.0 Å². The first-order valence-corrected chi connectivity index (χ1v) is 8.28. The lowest BCUT2D eigenvalue weighted by Gasteiger charge is -2.34. The van der Waals surface area contributed by atoms with Crippen molar-refractivity contribution in [2.75, 3.05) is 43.9 Å². The van der Waals surface area contributed by atoms with Crippen LogP contribution in [0.25, 0.3) is 0 Å². The highest BCUT2D eigenvalue weighted by Gasteiger charge is 2.13. The molecule has 1 aliphatic rings.